The van der Waals surface area contributed by atoms with Gasteiger partial charge >= 0.3 is 6.09 Å². The third-order valence-corrected chi connectivity index (χ3v) is 2.47. The number of halogens is 1. The van der Waals surface area contributed by atoms with Crippen LogP contribution in [0.2, 0.25) is 0 Å². The lowest BCUT2D eigenvalue weighted by Crippen LogP contribution is -2.36. The van der Waals surface area contributed by atoms with Gasteiger partial charge in [-0.2, -0.15) is 0 Å². The summed E-state index contributed by atoms with van der Waals surface area (Å²) in [4.78, 5) is 23.6. The third kappa shape index (κ3) is 3.23. The molecule has 0 bridgehead atoms. The Hall–Kier alpha value is -1.56. The Bertz CT molecular complexity index is 383. The molecule has 0 aliphatic carbocycles. The molecule has 0 radical (unpaired) electrons. The molecule has 0 aliphatic rings. The fourth-order valence-corrected chi connectivity index (χ4v) is 1.57. The lowest BCUT2D eigenvalue weighted by atomic mass is 10.3. The van der Waals surface area contributed by atoms with Crippen molar-refractivity contribution in [2.45, 2.75) is 5.01 Å². The van der Waals surface area contributed by atoms with Gasteiger partial charge in [0.25, 0.3) is 5.91 Å². The van der Waals surface area contributed by atoms with Gasteiger partial charge in [-0.1, -0.05) is 18.2 Å². The summed E-state index contributed by atoms with van der Waals surface area (Å²) in [5.74, 6) is -0.412. The summed E-state index contributed by atoms with van der Waals surface area (Å²) in [5.41, 5.74) is 5.51. The van der Waals surface area contributed by atoms with Crippen LogP contribution in [0.25, 0.3) is 0 Å². The van der Waals surface area contributed by atoms with Crippen molar-refractivity contribution in [3.05, 3.63) is 30.3 Å². The Kier molecular flexibility index (Phi) is 4.30. The van der Waals surface area contributed by atoms with Gasteiger partial charge in [0, 0.05) is 12.7 Å². The molecule has 16 heavy (non-hydrogen) atoms. The van der Waals surface area contributed by atoms with Crippen LogP contribution in [0.3, 0.4) is 0 Å². The molecule has 0 fully saturated rings. The quantitative estimate of drug-likeness (QED) is 0.855. The van der Waals surface area contributed by atoms with Gasteiger partial charge < -0.3 is 15.4 Å². The maximum absolute atomic E-state index is 11.7. The standard InChI is InChI=1S/C10H11BrN2O3/c1-13(7-5-3-2-4-6-7)9(14)8(11)16-10(12)15/h2-6,8H,1H3,(H2,12,15). The summed E-state index contributed by atoms with van der Waals surface area (Å²) >= 11 is 2.93. The van der Waals surface area contributed by atoms with Crippen molar-refractivity contribution in [3.8, 4) is 0 Å². The maximum Gasteiger partial charge on any atom is 0.406 e. The number of hydrogen-bond acceptors (Lipinski definition) is 3. The van der Waals surface area contributed by atoms with Crippen LogP contribution in [-0.2, 0) is 9.53 Å². The number of likely N-dealkylation sites (N-methyl/N-ethyl adjacent to an activating group) is 1. The fraction of sp³-hybridized carbons (Fsp3) is 0.200. The Morgan fingerprint density at radius 1 is 1.38 bits per heavy atom. The van der Waals surface area contributed by atoms with Crippen LogP contribution >= 0.6 is 15.9 Å². The first-order chi connectivity index (χ1) is 7.52. The Labute approximate surface area is 101 Å². The number of para-hydroxylation sites is 1. The molecule has 1 aromatic carbocycles. The largest absolute Gasteiger partial charge is 0.424 e. The van der Waals surface area contributed by atoms with Crippen LogP contribution < -0.4 is 10.6 Å². The molecular weight excluding hydrogens is 276 g/mol. The number of carbonyl (C=O) groups is 2. The van der Waals surface area contributed by atoms with Crippen LogP contribution in [0.5, 0.6) is 0 Å². The first-order valence-electron chi connectivity index (χ1n) is 4.45. The van der Waals surface area contributed by atoms with Crippen molar-refractivity contribution >= 4 is 33.6 Å². The molecule has 2 N–H and O–H groups in total. The van der Waals surface area contributed by atoms with Gasteiger partial charge in [-0.25, -0.2) is 4.79 Å². The van der Waals surface area contributed by atoms with E-state index in [1.54, 1.807) is 31.3 Å². The van der Waals surface area contributed by atoms with E-state index in [1.165, 1.54) is 4.90 Å². The van der Waals surface area contributed by atoms with Crippen LogP contribution in [0.4, 0.5) is 10.5 Å². The van der Waals surface area contributed by atoms with Gasteiger partial charge in [0.05, 0.1) is 0 Å². The molecule has 0 aromatic heterocycles. The van der Waals surface area contributed by atoms with Crippen molar-refractivity contribution in [1.29, 1.82) is 0 Å². The molecule has 2 amide bonds. The van der Waals surface area contributed by atoms with E-state index in [-0.39, 0.29) is 0 Å². The average molecular weight is 287 g/mol. The summed E-state index contributed by atoms with van der Waals surface area (Å²) in [6.45, 7) is 0. The highest BCUT2D eigenvalue weighted by molar-refractivity contribution is 9.09. The van der Waals surface area contributed by atoms with E-state index in [1.807, 2.05) is 6.07 Å². The minimum absolute atomic E-state index is 0.412. The number of carbonyl (C=O) groups excluding carboxylic acids is 2. The molecule has 1 aromatic rings. The van der Waals surface area contributed by atoms with E-state index in [0.717, 1.165) is 0 Å². The van der Waals surface area contributed by atoms with Crippen LogP contribution in [0, 0.1) is 0 Å². The zero-order valence-corrected chi connectivity index (χ0v) is 10.2. The molecule has 5 nitrogen and oxygen atoms in total. The van der Waals surface area contributed by atoms with E-state index in [0.29, 0.717) is 5.69 Å². The van der Waals surface area contributed by atoms with E-state index >= 15 is 0 Å². The van der Waals surface area contributed by atoms with Crippen LogP contribution in [0.1, 0.15) is 0 Å². The highest BCUT2D eigenvalue weighted by Gasteiger charge is 2.22. The molecule has 6 heteroatoms. The predicted molar refractivity (Wildman–Crippen MR) is 63.2 cm³/mol. The van der Waals surface area contributed by atoms with Gasteiger partial charge in [-0.15, -0.1) is 0 Å². The number of ether oxygens (including phenoxy) is 1. The maximum atomic E-state index is 11.7. The van der Waals surface area contributed by atoms with Crippen molar-refractivity contribution in [2.24, 2.45) is 5.73 Å². The number of hydrogen-bond donors (Lipinski definition) is 1. The molecule has 0 saturated carbocycles. The highest BCUT2D eigenvalue weighted by atomic mass is 79.9. The number of rotatable bonds is 3. The second-order valence-corrected chi connectivity index (χ2v) is 3.82. The summed E-state index contributed by atoms with van der Waals surface area (Å²) in [5, 5.41) is -1.07. The van der Waals surface area contributed by atoms with E-state index in [9.17, 15) is 9.59 Å². The minimum Gasteiger partial charge on any atom is -0.424 e. The van der Waals surface area contributed by atoms with Gasteiger partial charge in [0.15, 0.2) is 0 Å². The van der Waals surface area contributed by atoms with Gasteiger partial charge in [-0.05, 0) is 28.1 Å². The van der Waals surface area contributed by atoms with Crippen LogP contribution in [0.15, 0.2) is 30.3 Å². The van der Waals surface area contributed by atoms with Crippen molar-refractivity contribution in [3.63, 3.8) is 0 Å². The fourth-order valence-electron chi connectivity index (χ4n) is 1.08. The molecule has 1 rings (SSSR count). The second-order valence-electron chi connectivity index (χ2n) is 2.99. The normalized spacial score (nSPS) is 11.6. The molecule has 86 valence electrons. The molecule has 0 aliphatic heterocycles. The van der Waals surface area contributed by atoms with E-state index < -0.39 is 17.0 Å². The topological polar surface area (TPSA) is 72.6 Å². The second kappa shape index (κ2) is 5.50. The lowest BCUT2D eigenvalue weighted by Gasteiger charge is -2.19. The van der Waals surface area contributed by atoms with Gasteiger partial charge in [-0.3, -0.25) is 4.79 Å². The first-order valence-corrected chi connectivity index (χ1v) is 5.36. The number of nitrogens with zero attached hydrogens (tertiary/aromatic N) is 1. The van der Waals surface area contributed by atoms with Crippen molar-refractivity contribution in [1.82, 2.24) is 0 Å². The molecule has 1 unspecified atom stereocenters. The highest BCUT2D eigenvalue weighted by Crippen LogP contribution is 2.15. The molecule has 0 heterocycles. The summed E-state index contributed by atoms with van der Waals surface area (Å²) in [7, 11) is 1.58. The summed E-state index contributed by atoms with van der Waals surface area (Å²) < 4.78 is 4.52. The monoisotopic (exact) mass is 286 g/mol. The SMILES string of the molecule is CN(C(=O)C(Br)OC(N)=O)c1ccccc1. The van der Waals surface area contributed by atoms with E-state index in [4.69, 9.17) is 5.73 Å². The smallest absolute Gasteiger partial charge is 0.406 e. The molecule has 0 spiro atoms. The Morgan fingerprint density at radius 2 is 1.94 bits per heavy atom. The number of benzene rings is 1. The van der Waals surface area contributed by atoms with Crippen molar-refractivity contribution in [2.75, 3.05) is 11.9 Å². The average Bonchev–Trinajstić information content (AvgIpc) is 2.27. The van der Waals surface area contributed by atoms with Gasteiger partial charge in [0.1, 0.15) is 0 Å². The Morgan fingerprint density at radius 3 is 2.44 bits per heavy atom. The predicted octanol–water partition coefficient (Wildman–Crippen LogP) is 1.47. The summed E-state index contributed by atoms with van der Waals surface area (Å²) in [6.07, 6.45) is -1.00. The number of anilines is 1. The minimum atomic E-state index is -1.07. The number of primary amides is 1. The Balaban J connectivity index is 2.71. The van der Waals surface area contributed by atoms with Gasteiger partial charge in [0.2, 0.25) is 5.01 Å². The molecule has 0 saturated heterocycles. The first kappa shape index (κ1) is 12.5. The molecule has 1 atom stereocenters. The third-order valence-electron chi connectivity index (χ3n) is 1.89. The van der Waals surface area contributed by atoms with Crippen molar-refractivity contribution < 1.29 is 14.3 Å². The summed E-state index contributed by atoms with van der Waals surface area (Å²) in [6, 6.07) is 8.98. The van der Waals surface area contributed by atoms with E-state index in [2.05, 4.69) is 20.7 Å². The number of alkyl halides is 1. The zero-order valence-electron chi connectivity index (χ0n) is 8.59. The lowest BCUT2D eigenvalue weighted by molar-refractivity contribution is -0.122. The zero-order chi connectivity index (χ0) is 12.1. The number of nitrogens with two attached hydrogens (primary N) is 1. The number of amides is 2. The molecular formula is C10H11BrN2O3. The van der Waals surface area contributed by atoms with Crippen LogP contribution in [-0.4, -0.2) is 24.1 Å².